The van der Waals surface area contributed by atoms with Gasteiger partial charge in [-0.05, 0) is 19.4 Å². The molecule has 3 heterocycles. The summed E-state index contributed by atoms with van der Waals surface area (Å²) < 4.78 is 0. The van der Waals surface area contributed by atoms with Crippen LogP contribution in [0.1, 0.15) is 43.1 Å². The third-order valence-electron chi connectivity index (χ3n) is 3.51. The second-order valence-electron chi connectivity index (χ2n) is 4.08. The van der Waals surface area contributed by atoms with Gasteiger partial charge < -0.3 is 4.98 Å². The van der Waals surface area contributed by atoms with Gasteiger partial charge in [0.05, 0.1) is 23.8 Å². The Bertz CT molecular complexity index is 318. The van der Waals surface area contributed by atoms with Crippen molar-refractivity contribution in [2.45, 2.75) is 31.7 Å². The van der Waals surface area contributed by atoms with Gasteiger partial charge >= 0.3 is 0 Å². The summed E-state index contributed by atoms with van der Waals surface area (Å²) in [4.78, 5) is 10.3. The lowest BCUT2D eigenvalue weighted by Crippen LogP contribution is -2.42. The Morgan fingerprint density at radius 1 is 1.62 bits per heavy atom. The second kappa shape index (κ2) is 2.58. The van der Waals surface area contributed by atoms with Crippen molar-refractivity contribution in [3.05, 3.63) is 17.7 Å². The predicted octanol–water partition coefficient (Wildman–Crippen LogP) is 1.66. The van der Waals surface area contributed by atoms with Crippen LogP contribution in [-0.4, -0.2) is 28.0 Å². The van der Waals surface area contributed by atoms with Crippen molar-refractivity contribution < 1.29 is 0 Å². The first kappa shape index (κ1) is 7.56. The topological polar surface area (TPSA) is 31.9 Å². The van der Waals surface area contributed by atoms with Gasteiger partial charge in [0.1, 0.15) is 0 Å². The molecule has 3 aliphatic rings. The Morgan fingerprint density at radius 2 is 2.54 bits per heavy atom. The number of nitrogens with zero attached hydrogens (tertiary/aromatic N) is 2. The second-order valence-corrected chi connectivity index (χ2v) is 4.08. The summed E-state index contributed by atoms with van der Waals surface area (Å²) in [6.45, 7) is 4.63. The fourth-order valence-electron chi connectivity index (χ4n) is 2.85. The molecule has 4 rings (SSSR count). The molecule has 70 valence electrons. The number of fused-ring (bicyclic) bond motifs is 2. The van der Waals surface area contributed by atoms with E-state index in [1.54, 1.807) is 0 Å². The highest BCUT2D eigenvalue weighted by Gasteiger charge is 2.39. The van der Waals surface area contributed by atoms with Crippen molar-refractivity contribution in [3.63, 3.8) is 0 Å². The van der Waals surface area contributed by atoms with E-state index in [1.807, 2.05) is 6.33 Å². The number of hydrogen-bond donors (Lipinski definition) is 1. The van der Waals surface area contributed by atoms with E-state index in [9.17, 15) is 0 Å². The first-order valence-electron chi connectivity index (χ1n) is 5.17. The van der Waals surface area contributed by atoms with Gasteiger partial charge in [0.15, 0.2) is 0 Å². The SMILES string of the molecule is CCN1CC2CCC1c1[nH]cnc12. The van der Waals surface area contributed by atoms with Crippen LogP contribution in [-0.2, 0) is 0 Å². The zero-order chi connectivity index (χ0) is 8.84. The quantitative estimate of drug-likeness (QED) is 0.707. The molecule has 0 spiro atoms. The van der Waals surface area contributed by atoms with Gasteiger partial charge in [0.25, 0.3) is 0 Å². The number of imidazole rings is 1. The highest BCUT2D eigenvalue weighted by atomic mass is 15.2. The maximum atomic E-state index is 4.43. The van der Waals surface area contributed by atoms with Gasteiger partial charge in [0.2, 0.25) is 0 Å². The van der Waals surface area contributed by atoms with Crippen LogP contribution in [0, 0.1) is 0 Å². The first-order valence-corrected chi connectivity index (χ1v) is 5.17. The minimum atomic E-state index is 0.632. The molecule has 0 amide bonds. The van der Waals surface area contributed by atoms with Crippen LogP contribution in [0.2, 0.25) is 0 Å². The molecule has 1 N–H and O–H groups in total. The number of H-pyrrole nitrogens is 1. The summed E-state index contributed by atoms with van der Waals surface area (Å²) in [7, 11) is 0. The molecule has 2 unspecified atom stereocenters. The molecule has 2 atom stereocenters. The van der Waals surface area contributed by atoms with Crippen LogP contribution in [0.3, 0.4) is 0 Å². The normalized spacial score (nSPS) is 32.1. The van der Waals surface area contributed by atoms with Crippen molar-refractivity contribution in [1.29, 1.82) is 0 Å². The van der Waals surface area contributed by atoms with Gasteiger partial charge in [-0.2, -0.15) is 0 Å². The van der Waals surface area contributed by atoms with Crippen LogP contribution in [0.5, 0.6) is 0 Å². The van der Waals surface area contributed by atoms with E-state index in [-0.39, 0.29) is 0 Å². The fraction of sp³-hybridized carbons (Fsp3) is 0.700. The van der Waals surface area contributed by atoms with Gasteiger partial charge in [-0.1, -0.05) is 6.92 Å². The number of nitrogens with one attached hydrogen (secondary N) is 1. The summed E-state index contributed by atoms with van der Waals surface area (Å²) in [5.41, 5.74) is 2.74. The Kier molecular flexibility index (Phi) is 1.50. The number of aromatic nitrogens is 2. The van der Waals surface area contributed by atoms with E-state index < -0.39 is 0 Å². The van der Waals surface area contributed by atoms with E-state index in [1.165, 1.54) is 37.3 Å². The molecule has 13 heavy (non-hydrogen) atoms. The molecule has 3 nitrogen and oxygen atoms in total. The molecule has 2 bridgehead atoms. The summed E-state index contributed by atoms with van der Waals surface area (Å²) in [6.07, 6.45) is 4.50. The Morgan fingerprint density at radius 3 is 3.38 bits per heavy atom. The molecule has 3 heteroatoms. The number of hydrogen-bond acceptors (Lipinski definition) is 2. The van der Waals surface area contributed by atoms with Crippen LogP contribution in [0.25, 0.3) is 0 Å². The van der Waals surface area contributed by atoms with Gasteiger partial charge in [-0.15, -0.1) is 0 Å². The van der Waals surface area contributed by atoms with Crippen LogP contribution >= 0.6 is 0 Å². The molecule has 1 saturated heterocycles. The maximum Gasteiger partial charge on any atom is 0.0925 e. The molecule has 1 aromatic rings. The Labute approximate surface area is 78.2 Å². The van der Waals surface area contributed by atoms with Gasteiger partial charge in [-0.25, -0.2) is 4.98 Å². The highest BCUT2D eigenvalue weighted by Crippen LogP contribution is 2.44. The summed E-state index contributed by atoms with van der Waals surface area (Å²) >= 11 is 0. The first-order chi connectivity index (χ1) is 6.40. The van der Waals surface area contributed by atoms with Crippen molar-refractivity contribution in [2.24, 2.45) is 0 Å². The van der Waals surface area contributed by atoms with Gasteiger partial charge in [-0.3, -0.25) is 4.90 Å². The lowest BCUT2D eigenvalue weighted by molar-refractivity contribution is 0.115. The summed E-state index contributed by atoms with van der Waals surface area (Å²) in [5.74, 6) is 0.700. The highest BCUT2D eigenvalue weighted by molar-refractivity contribution is 5.27. The zero-order valence-corrected chi connectivity index (χ0v) is 7.95. The average Bonchev–Trinajstić information content (AvgIpc) is 2.68. The number of rotatable bonds is 1. The molecule has 0 aromatic carbocycles. The van der Waals surface area contributed by atoms with Crippen molar-refractivity contribution >= 4 is 0 Å². The average molecular weight is 177 g/mol. The third kappa shape index (κ3) is 0.908. The van der Waals surface area contributed by atoms with Crippen LogP contribution in [0.4, 0.5) is 0 Å². The number of piperidine rings is 1. The monoisotopic (exact) mass is 177 g/mol. The predicted molar refractivity (Wildman–Crippen MR) is 50.6 cm³/mol. The lowest BCUT2D eigenvalue weighted by Gasteiger charge is -2.43. The maximum absolute atomic E-state index is 4.43. The van der Waals surface area contributed by atoms with E-state index in [2.05, 4.69) is 21.8 Å². The molecule has 0 saturated carbocycles. The van der Waals surface area contributed by atoms with E-state index >= 15 is 0 Å². The summed E-state index contributed by atoms with van der Waals surface area (Å²) in [5, 5.41) is 0. The van der Waals surface area contributed by atoms with Crippen LogP contribution in [0.15, 0.2) is 6.33 Å². The van der Waals surface area contributed by atoms with E-state index in [0.29, 0.717) is 12.0 Å². The largest absolute Gasteiger partial charge is 0.347 e. The molecule has 1 fully saturated rings. The smallest absolute Gasteiger partial charge is 0.0925 e. The van der Waals surface area contributed by atoms with E-state index in [0.717, 1.165) is 0 Å². The Hall–Kier alpha value is -0.830. The van der Waals surface area contributed by atoms with Crippen LogP contribution < -0.4 is 0 Å². The standard InChI is InChI=1S/C10H15N3/c1-2-13-5-7-3-4-8(13)10-9(7)11-6-12-10/h6-8H,2-5H2,1H3,(H,11,12). The number of likely N-dealkylation sites (N-methyl/N-ethyl adjacent to an activating group) is 1. The minimum absolute atomic E-state index is 0.632. The molecule has 0 radical (unpaired) electrons. The number of aromatic amines is 1. The van der Waals surface area contributed by atoms with E-state index in [4.69, 9.17) is 0 Å². The third-order valence-corrected chi connectivity index (χ3v) is 3.51. The minimum Gasteiger partial charge on any atom is -0.347 e. The lowest BCUT2D eigenvalue weighted by atomic mass is 9.81. The molecular weight excluding hydrogens is 162 g/mol. The molecule has 1 aliphatic carbocycles. The van der Waals surface area contributed by atoms with Crippen molar-refractivity contribution in [1.82, 2.24) is 14.9 Å². The Balaban J connectivity index is 2.06. The molecular formula is C10H15N3. The van der Waals surface area contributed by atoms with Crippen molar-refractivity contribution in [2.75, 3.05) is 13.1 Å². The zero-order valence-electron chi connectivity index (χ0n) is 7.95. The van der Waals surface area contributed by atoms with Gasteiger partial charge in [0, 0.05) is 12.5 Å². The van der Waals surface area contributed by atoms with Crippen molar-refractivity contribution in [3.8, 4) is 0 Å². The summed E-state index contributed by atoms with van der Waals surface area (Å²) in [6, 6.07) is 0.632. The molecule has 2 aliphatic heterocycles. The molecule has 1 aromatic heterocycles. The fourth-order valence-corrected chi connectivity index (χ4v) is 2.85.